The number of aromatic nitrogens is 2. The molecule has 0 saturated carbocycles. The lowest BCUT2D eigenvalue weighted by atomic mass is 10.2. The molecule has 0 unspecified atom stereocenters. The summed E-state index contributed by atoms with van der Waals surface area (Å²) >= 11 is 0. The number of nitrogens with two attached hydrogens (primary N) is 1. The summed E-state index contributed by atoms with van der Waals surface area (Å²) in [7, 11) is -2.01. The third-order valence-corrected chi connectivity index (χ3v) is 2.97. The molecule has 2 N–H and O–H groups in total. The first kappa shape index (κ1) is 9.17. The highest BCUT2D eigenvalue weighted by Gasteiger charge is 2.14. The zero-order valence-electron chi connectivity index (χ0n) is 7.51. The molecule has 0 radical (unpaired) electrons. The van der Waals surface area contributed by atoms with Gasteiger partial charge in [-0.25, -0.2) is 13.6 Å². The van der Waals surface area contributed by atoms with Crippen LogP contribution in [-0.4, -0.2) is 18.2 Å². The van der Waals surface area contributed by atoms with E-state index in [2.05, 4.69) is 5.10 Å². The Morgan fingerprint density at radius 3 is 2.79 bits per heavy atom. The number of sulfonamides is 1. The van der Waals surface area contributed by atoms with Crippen LogP contribution in [0.5, 0.6) is 0 Å². The topological polar surface area (TPSA) is 78.0 Å². The van der Waals surface area contributed by atoms with Crippen LogP contribution in [0, 0.1) is 0 Å². The standard InChI is InChI=1S/C8H9N3O2S/c1-11-8-6(5-10-11)3-2-4-7(8)14(9,12)13/h2-5H,1H3,(H2,9,12,13). The number of para-hydroxylation sites is 1. The van der Waals surface area contributed by atoms with Gasteiger partial charge in [0, 0.05) is 12.4 Å². The van der Waals surface area contributed by atoms with Crippen molar-refractivity contribution in [3.05, 3.63) is 24.4 Å². The fourth-order valence-corrected chi connectivity index (χ4v) is 2.21. The van der Waals surface area contributed by atoms with Crippen molar-refractivity contribution in [2.24, 2.45) is 12.2 Å². The molecule has 0 aliphatic rings. The zero-order valence-corrected chi connectivity index (χ0v) is 8.32. The second-order valence-corrected chi connectivity index (χ2v) is 4.54. The van der Waals surface area contributed by atoms with Gasteiger partial charge in [-0.3, -0.25) is 4.68 Å². The summed E-state index contributed by atoms with van der Waals surface area (Å²) in [5.74, 6) is 0. The van der Waals surface area contributed by atoms with Crippen LogP contribution in [0.2, 0.25) is 0 Å². The number of rotatable bonds is 1. The van der Waals surface area contributed by atoms with Crippen LogP contribution >= 0.6 is 0 Å². The van der Waals surface area contributed by atoms with Crippen molar-refractivity contribution in [3.8, 4) is 0 Å². The Hall–Kier alpha value is -1.40. The molecular weight excluding hydrogens is 202 g/mol. The molecule has 1 aromatic carbocycles. The van der Waals surface area contributed by atoms with Gasteiger partial charge in [0.25, 0.3) is 0 Å². The molecule has 74 valence electrons. The van der Waals surface area contributed by atoms with Crippen LogP contribution in [0.15, 0.2) is 29.3 Å². The van der Waals surface area contributed by atoms with Gasteiger partial charge in [0.2, 0.25) is 10.0 Å². The first-order chi connectivity index (χ1) is 6.50. The molecule has 2 aromatic rings. The average Bonchev–Trinajstić information content (AvgIpc) is 2.46. The van der Waals surface area contributed by atoms with Gasteiger partial charge in [-0.1, -0.05) is 12.1 Å². The Bertz CT molecular complexity index is 586. The maximum atomic E-state index is 11.2. The van der Waals surface area contributed by atoms with Crippen molar-refractivity contribution >= 4 is 20.9 Å². The molecule has 6 heteroatoms. The summed E-state index contributed by atoms with van der Waals surface area (Å²) in [5.41, 5.74) is 0.537. The first-order valence-electron chi connectivity index (χ1n) is 3.93. The van der Waals surface area contributed by atoms with Gasteiger partial charge in [0.15, 0.2) is 0 Å². The Morgan fingerprint density at radius 2 is 2.14 bits per heavy atom. The van der Waals surface area contributed by atoms with Crippen molar-refractivity contribution in [1.82, 2.24) is 9.78 Å². The van der Waals surface area contributed by atoms with E-state index in [0.29, 0.717) is 5.52 Å². The van der Waals surface area contributed by atoms with E-state index >= 15 is 0 Å². The highest BCUT2D eigenvalue weighted by atomic mass is 32.2. The quantitative estimate of drug-likeness (QED) is 0.733. The molecular formula is C8H9N3O2S. The van der Waals surface area contributed by atoms with Crippen molar-refractivity contribution in [2.45, 2.75) is 4.90 Å². The molecule has 0 amide bonds. The number of primary sulfonamides is 1. The third-order valence-electron chi connectivity index (χ3n) is 2.03. The van der Waals surface area contributed by atoms with Gasteiger partial charge in [0.1, 0.15) is 4.90 Å². The molecule has 0 atom stereocenters. The van der Waals surface area contributed by atoms with Gasteiger partial charge in [0.05, 0.1) is 11.7 Å². The van der Waals surface area contributed by atoms with Crippen LogP contribution in [0.1, 0.15) is 0 Å². The summed E-state index contributed by atoms with van der Waals surface area (Å²) in [6.45, 7) is 0. The molecule has 0 aliphatic carbocycles. The lowest BCUT2D eigenvalue weighted by molar-refractivity contribution is 0.598. The summed E-state index contributed by atoms with van der Waals surface area (Å²) < 4.78 is 24.0. The molecule has 1 heterocycles. The minimum atomic E-state index is -3.68. The number of nitrogens with zero attached hydrogens (tertiary/aromatic N) is 2. The normalized spacial score (nSPS) is 12.1. The molecule has 5 nitrogen and oxygen atoms in total. The van der Waals surface area contributed by atoms with E-state index in [-0.39, 0.29) is 4.90 Å². The Labute approximate surface area is 81.2 Å². The van der Waals surface area contributed by atoms with Gasteiger partial charge >= 0.3 is 0 Å². The smallest absolute Gasteiger partial charge is 0.240 e. The Morgan fingerprint density at radius 1 is 1.43 bits per heavy atom. The second-order valence-electron chi connectivity index (χ2n) is 3.01. The molecule has 2 rings (SSSR count). The van der Waals surface area contributed by atoms with E-state index in [9.17, 15) is 8.42 Å². The van der Waals surface area contributed by atoms with E-state index in [1.165, 1.54) is 10.7 Å². The summed E-state index contributed by atoms with van der Waals surface area (Å²) in [4.78, 5) is 0.106. The van der Waals surface area contributed by atoms with E-state index < -0.39 is 10.0 Å². The van der Waals surface area contributed by atoms with Crippen LogP contribution in [0.25, 0.3) is 10.9 Å². The van der Waals surface area contributed by atoms with Crippen molar-refractivity contribution in [3.63, 3.8) is 0 Å². The van der Waals surface area contributed by atoms with Crippen LogP contribution in [-0.2, 0) is 17.1 Å². The molecule has 0 bridgehead atoms. The van der Waals surface area contributed by atoms with Crippen molar-refractivity contribution in [2.75, 3.05) is 0 Å². The number of benzene rings is 1. The van der Waals surface area contributed by atoms with E-state index in [0.717, 1.165) is 5.39 Å². The Balaban J connectivity index is 2.96. The molecule has 14 heavy (non-hydrogen) atoms. The number of hydrogen-bond acceptors (Lipinski definition) is 3. The minimum Gasteiger partial charge on any atom is -0.267 e. The number of aryl methyl sites for hydroxylation is 1. The van der Waals surface area contributed by atoms with Gasteiger partial charge in [-0.2, -0.15) is 5.10 Å². The highest BCUT2D eigenvalue weighted by molar-refractivity contribution is 7.89. The summed E-state index contributed by atoms with van der Waals surface area (Å²) in [5, 5.41) is 9.81. The lowest BCUT2D eigenvalue weighted by Crippen LogP contribution is -2.13. The first-order valence-corrected chi connectivity index (χ1v) is 5.48. The molecule has 0 saturated heterocycles. The summed E-state index contributed by atoms with van der Waals surface area (Å²) in [6, 6.07) is 4.90. The molecule has 1 aromatic heterocycles. The fourth-order valence-electron chi connectivity index (χ4n) is 1.43. The minimum absolute atomic E-state index is 0.106. The van der Waals surface area contributed by atoms with Gasteiger partial charge in [-0.15, -0.1) is 0 Å². The van der Waals surface area contributed by atoms with Crippen LogP contribution in [0.4, 0.5) is 0 Å². The lowest BCUT2D eigenvalue weighted by Gasteiger charge is -2.01. The average molecular weight is 211 g/mol. The maximum Gasteiger partial charge on any atom is 0.240 e. The number of fused-ring (bicyclic) bond motifs is 1. The Kier molecular flexibility index (Phi) is 1.83. The highest BCUT2D eigenvalue weighted by Crippen LogP contribution is 2.20. The van der Waals surface area contributed by atoms with E-state index in [1.54, 1.807) is 25.4 Å². The van der Waals surface area contributed by atoms with E-state index in [1.807, 2.05) is 0 Å². The molecule has 0 fully saturated rings. The van der Waals surface area contributed by atoms with E-state index in [4.69, 9.17) is 5.14 Å². The largest absolute Gasteiger partial charge is 0.267 e. The van der Waals surface area contributed by atoms with Crippen molar-refractivity contribution < 1.29 is 8.42 Å². The monoisotopic (exact) mass is 211 g/mol. The van der Waals surface area contributed by atoms with Gasteiger partial charge in [-0.05, 0) is 6.07 Å². The third kappa shape index (κ3) is 1.28. The van der Waals surface area contributed by atoms with Crippen molar-refractivity contribution in [1.29, 1.82) is 0 Å². The van der Waals surface area contributed by atoms with Gasteiger partial charge < -0.3 is 0 Å². The predicted octanol–water partition coefficient (Wildman–Crippen LogP) is 0.221. The molecule has 0 spiro atoms. The summed E-state index contributed by atoms with van der Waals surface area (Å²) in [6.07, 6.45) is 1.60. The SMILES string of the molecule is Cn1ncc2cccc(S(N)(=O)=O)c21. The second kappa shape index (κ2) is 2.79. The number of hydrogen-bond donors (Lipinski definition) is 1. The molecule has 0 aliphatic heterocycles. The maximum absolute atomic E-state index is 11.2. The van der Waals surface area contributed by atoms with Crippen LogP contribution < -0.4 is 5.14 Å². The van der Waals surface area contributed by atoms with Crippen LogP contribution in [0.3, 0.4) is 0 Å². The zero-order chi connectivity index (χ0) is 10.3. The fraction of sp³-hybridized carbons (Fsp3) is 0.125. The predicted molar refractivity (Wildman–Crippen MR) is 52.1 cm³/mol.